The van der Waals surface area contributed by atoms with Crippen molar-refractivity contribution in [3.05, 3.63) is 30.1 Å². The second-order valence-corrected chi connectivity index (χ2v) is 7.12. The molecule has 1 aliphatic carbocycles. The van der Waals surface area contributed by atoms with E-state index in [1.807, 2.05) is 18.5 Å². The number of amides is 1. The molecule has 4 rings (SSSR count). The van der Waals surface area contributed by atoms with Crippen LogP contribution in [-0.2, 0) is 16.1 Å². The Balaban J connectivity index is 1.30. The van der Waals surface area contributed by atoms with Crippen LogP contribution in [-0.4, -0.2) is 47.1 Å². The van der Waals surface area contributed by atoms with E-state index in [9.17, 15) is 4.79 Å². The second-order valence-electron chi connectivity index (χ2n) is 7.12. The van der Waals surface area contributed by atoms with Gasteiger partial charge in [0.1, 0.15) is 6.10 Å². The lowest BCUT2D eigenvalue weighted by atomic mass is 9.98. The summed E-state index contributed by atoms with van der Waals surface area (Å²) >= 11 is 0. The molecule has 2 aliphatic heterocycles. The minimum absolute atomic E-state index is 0.0982. The number of fused-ring (bicyclic) bond motifs is 1. The largest absolute Gasteiger partial charge is 0.363 e. The number of rotatable bonds is 5. The predicted octanol–water partition coefficient (Wildman–Crippen LogP) is 1.73. The van der Waals surface area contributed by atoms with Gasteiger partial charge in [0.15, 0.2) is 0 Å². The molecule has 5 nitrogen and oxygen atoms in total. The van der Waals surface area contributed by atoms with Crippen molar-refractivity contribution in [2.75, 3.05) is 13.1 Å². The Morgan fingerprint density at radius 3 is 3.00 bits per heavy atom. The molecule has 124 valence electrons. The molecule has 1 aromatic rings. The maximum Gasteiger partial charge on any atom is 0.249 e. The first-order valence-electron chi connectivity index (χ1n) is 8.86. The maximum absolute atomic E-state index is 12.2. The van der Waals surface area contributed by atoms with Crippen molar-refractivity contribution in [1.82, 2.24) is 15.2 Å². The van der Waals surface area contributed by atoms with Crippen molar-refractivity contribution < 1.29 is 9.53 Å². The SMILES string of the molecule is O=C(NCC1CC1)[C@@H]1CC[C@H]2[C@H](CCN2Cc2cccnc2)O1. The average molecular weight is 315 g/mol. The van der Waals surface area contributed by atoms with Crippen LogP contribution in [0, 0.1) is 5.92 Å². The van der Waals surface area contributed by atoms with Crippen molar-refractivity contribution >= 4 is 5.91 Å². The Labute approximate surface area is 137 Å². The van der Waals surface area contributed by atoms with Crippen LogP contribution in [0.4, 0.5) is 0 Å². The lowest BCUT2D eigenvalue weighted by Crippen LogP contribution is -2.47. The highest BCUT2D eigenvalue weighted by Gasteiger charge is 2.41. The molecule has 1 aromatic heterocycles. The summed E-state index contributed by atoms with van der Waals surface area (Å²) in [5.41, 5.74) is 1.25. The van der Waals surface area contributed by atoms with Gasteiger partial charge in [-0.3, -0.25) is 14.7 Å². The van der Waals surface area contributed by atoms with E-state index in [2.05, 4.69) is 21.3 Å². The number of carbonyl (C=O) groups is 1. The molecule has 3 fully saturated rings. The van der Waals surface area contributed by atoms with E-state index in [1.54, 1.807) is 0 Å². The van der Waals surface area contributed by atoms with Gasteiger partial charge in [-0.25, -0.2) is 0 Å². The number of likely N-dealkylation sites (tertiary alicyclic amines) is 1. The number of hydrogen-bond donors (Lipinski definition) is 1. The summed E-state index contributed by atoms with van der Waals surface area (Å²) in [5, 5.41) is 3.06. The molecule has 5 heteroatoms. The molecule has 0 unspecified atom stereocenters. The molecule has 1 amide bonds. The van der Waals surface area contributed by atoms with Gasteiger partial charge in [0, 0.05) is 38.1 Å². The first-order chi connectivity index (χ1) is 11.3. The number of hydrogen-bond acceptors (Lipinski definition) is 4. The molecule has 0 radical (unpaired) electrons. The Hall–Kier alpha value is -1.46. The maximum atomic E-state index is 12.2. The molecule has 0 spiro atoms. The number of aromatic nitrogens is 1. The standard InChI is InChI=1S/C18H25N3O2/c22-18(20-11-13-3-4-13)17-6-5-15-16(23-17)7-9-21(15)12-14-2-1-8-19-10-14/h1-2,8,10,13,15-17H,3-7,9,11-12H2,(H,20,22)/t15-,16-,17-/m0/s1. The van der Waals surface area contributed by atoms with Crippen LogP contribution in [0.25, 0.3) is 0 Å². The first-order valence-corrected chi connectivity index (χ1v) is 8.86. The molecule has 0 bridgehead atoms. The van der Waals surface area contributed by atoms with Gasteiger partial charge in [-0.15, -0.1) is 0 Å². The summed E-state index contributed by atoms with van der Waals surface area (Å²) in [7, 11) is 0. The summed E-state index contributed by atoms with van der Waals surface area (Å²) in [5.74, 6) is 0.817. The molecule has 0 aromatic carbocycles. The monoisotopic (exact) mass is 315 g/mol. The van der Waals surface area contributed by atoms with Crippen molar-refractivity contribution in [2.24, 2.45) is 5.92 Å². The van der Waals surface area contributed by atoms with Gasteiger partial charge in [0.25, 0.3) is 0 Å². The van der Waals surface area contributed by atoms with Crippen LogP contribution in [0.3, 0.4) is 0 Å². The van der Waals surface area contributed by atoms with E-state index in [-0.39, 0.29) is 18.1 Å². The topological polar surface area (TPSA) is 54.5 Å². The van der Waals surface area contributed by atoms with Crippen LogP contribution < -0.4 is 5.32 Å². The van der Waals surface area contributed by atoms with Gasteiger partial charge in [-0.05, 0) is 49.7 Å². The lowest BCUT2D eigenvalue weighted by Gasteiger charge is -2.35. The van der Waals surface area contributed by atoms with Gasteiger partial charge in [-0.2, -0.15) is 0 Å². The highest BCUT2D eigenvalue weighted by atomic mass is 16.5. The normalized spacial score (nSPS) is 30.9. The van der Waals surface area contributed by atoms with Gasteiger partial charge in [-0.1, -0.05) is 6.07 Å². The third-order valence-electron chi connectivity index (χ3n) is 5.33. The Bertz CT molecular complexity index is 546. The van der Waals surface area contributed by atoms with Crippen LogP contribution in [0.15, 0.2) is 24.5 Å². The summed E-state index contributed by atoms with van der Waals surface area (Å²) < 4.78 is 6.12. The molecule has 2 saturated heterocycles. The van der Waals surface area contributed by atoms with E-state index in [0.29, 0.717) is 6.04 Å². The number of ether oxygens (including phenoxy) is 1. The van der Waals surface area contributed by atoms with Crippen LogP contribution >= 0.6 is 0 Å². The molecular formula is C18H25N3O2. The molecule has 3 aliphatic rings. The smallest absolute Gasteiger partial charge is 0.249 e. The summed E-state index contributed by atoms with van der Waals surface area (Å²) in [6.45, 7) is 2.80. The lowest BCUT2D eigenvalue weighted by molar-refractivity contribution is -0.144. The second kappa shape index (κ2) is 6.57. The molecule has 1 N–H and O–H groups in total. The van der Waals surface area contributed by atoms with Gasteiger partial charge in [0.05, 0.1) is 6.10 Å². The molecule has 3 heterocycles. The zero-order valence-corrected chi connectivity index (χ0v) is 13.5. The fourth-order valence-electron chi connectivity index (χ4n) is 3.81. The molecule has 23 heavy (non-hydrogen) atoms. The highest BCUT2D eigenvalue weighted by Crippen LogP contribution is 2.33. The Kier molecular flexibility index (Phi) is 4.31. The van der Waals surface area contributed by atoms with Gasteiger partial charge < -0.3 is 10.1 Å². The van der Waals surface area contributed by atoms with E-state index in [1.165, 1.54) is 18.4 Å². The molecule has 1 saturated carbocycles. The van der Waals surface area contributed by atoms with E-state index < -0.39 is 0 Å². The van der Waals surface area contributed by atoms with Gasteiger partial charge in [0.2, 0.25) is 5.91 Å². The summed E-state index contributed by atoms with van der Waals surface area (Å²) in [4.78, 5) is 18.9. The zero-order chi connectivity index (χ0) is 15.6. The Morgan fingerprint density at radius 1 is 1.30 bits per heavy atom. The molecule has 3 atom stereocenters. The van der Waals surface area contributed by atoms with Crippen LogP contribution in [0.2, 0.25) is 0 Å². The first kappa shape index (κ1) is 15.1. The summed E-state index contributed by atoms with van der Waals surface area (Å²) in [6.07, 6.45) is 9.14. The van der Waals surface area contributed by atoms with Crippen molar-refractivity contribution in [1.29, 1.82) is 0 Å². The highest BCUT2D eigenvalue weighted by molar-refractivity contribution is 5.80. The van der Waals surface area contributed by atoms with E-state index in [4.69, 9.17) is 4.74 Å². The number of nitrogens with zero attached hydrogens (tertiary/aromatic N) is 2. The zero-order valence-electron chi connectivity index (χ0n) is 13.5. The third kappa shape index (κ3) is 3.56. The number of carbonyl (C=O) groups excluding carboxylic acids is 1. The van der Waals surface area contributed by atoms with Gasteiger partial charge >= 0.3 is 0 Å². The van der Waals surface area contributed by atoms with Crippen LogP contribution in [0.1, 0.15) is 37.7 Å². The number of nitrogens with one attached hydrogen (secondary N) is 1. The van der Waals surface area contributed by atoms with Crippen LogP contribution in [0.5, 0.6) is 0 Å². The quantitative estimate of drug-likeness (QED) is 0.899. The average Bonchev–Trinajstić information content (AvgIpc) is 3.34. The fourth-order valence-corrected chi connectivity index (χ4v) is 3.81. The van der Waals surface area contributed by atoms with E-state index in [0.717, 1.165) is 44.8 Å². The molecular weight excluding hydrogens is 290 g/mol. The van der Waals surface area contributed by atoms with Crippen molar-refractivity contribution in [3.8, 4) is 0 Å². The van der Waals surface area contributed by atoms with E-state index >= 15 is 0 Å². The third-order valence-corrected chi connectivity index (χ3v) is 5.33. The summed E-state index contributed by atoms with van der Waals surface area (Å²) in [6, 6.07) is 4.56. The Morgan fingerprint density at radius 2 is 2.22 bits per heavy atom. The van der Waals surface area contributed by atoms with Crippen molar-refractivity contribution in [3.63, 3.8) is 0 Å². The number of pyridine rings is 1. The minimum Gasteiger partial charge on any atom is -0.363 e. The predicted molar refractivity (Wildman–Crippen MR) is 86.7 cm³/mol. The van der Waals surface area contributed by atoms with Crippen molar-refractivity contribution in [2.45, 2.75) is 56.9 Å². The minimum atomic E-state index is -0.242. The fraction of sp³-hybridized carbons (Fsp3) is 0.667.